The minimum absolute atomic E-state index is 0.0222. The molecule has 0 aromatic heterocycles. The fraction of sp³-hybridized carbons (Fsp3) is 0.524. The summed E-state index contributed by atoms with van der Waals surface area (Å²) in [6, 6.07) is 0. The summed E-state index contributed by atoms with van der Waals surface area (Å²) in [6.45, 7) is 7.31. The molecule has 0 unspecified atom stereocenters. The maximum atomic E-state index is 12.7. The van der Waals surface area contributed by atoms with E-state index in [1.54, 1.807) is 6.92 Å². The van der Waals surface area contributed by atoms with Gasteiger partial charge in [-0.15, -0.1) is 0 Å². The molecule has 5 heteroatoms. The second-order valence-electron chi connectivity index (χ2n) is 7.10. The molecule has 0 N–H and O–H groups in total. The minimum Gasteiger partial charge on any atom is -0.466 e. The number of allylic oxidation sites excluding steroid dienone is 5. The van der Waals surface area contributed by atoms with Crippen LogP contribution in [0.5, 0.6) is 0 Å². The van der Waals surface area contributed by atoms with E-state index in [1.807, 2.05) is 26.8 Å². The number of ether oxygens (including phenoxy) is 1. The molecule has 26 heavy (non-hydrogen) atoms. The van der Waals surface area contributed by atoms with Crippen molar-refractivity contribution in [2.24, 2.45) is 11.8 Å². The summed E-state index contributed by atoms with van der Waals surface area (Å²) in [4.78, 5) is 49.4. The first-order chi connectivity index (χ1) is 12.1. The van der Waals surface area contributed by atoms with E-state index in [1.165, 1.54) is 19.3 Å². The van der Waals surface area contributed by atoms with Crippen molar-refractivity contribution in [3.05, 3.63) is 34.9 Å². The van der Waals surface area contributed by atoms with Gasteiger partial charge in [-0.3, -0.25) is 14.4 Å². The molecular weight excluding hydrogens is 332 g/mol. The molecule has 1 atom stereocenters. The van der Waals surface area contributed by atoms with Crippen LogP contribution in [0.15, 0.2) is 34.9 Å². The van der Waals surface area contributed by atoms with Gasteiger partial charge in [0.1, 0.15) is 5.78 Å². The van der Waals surface area contributed by atoms with Crippen LogP contribution >= 0.6 is 0 Å². The molecule has 0 fully saturated rings. The van der Waals surface area contributed by atoms with E-state index >= 15 is 0 Å². The third kappa shape index (κ3) is 6.54. The lowest BCUT2D eigenvalue weighted by Crippen LogP contribution is -2.25. The Labute approximate surface area is 155 Å². The van der Waals surface area contributed by atoms with E-state index in [2.05, 4.69) is 0 Å². The Morgan fingerprint density at radius 2 is 1.81 bits per heavy atom. The van der Waals surface area contributed by atoms with Crippen molar-refractivity contribution in [3.8, 4) is 0 Å². The zero-order chi connectivity index (χ0) is 19.9. The summed E-state index contributed by atoms with van der Waals surface area (Å²) in [5, 5.41) is 0. The van der Waals surface area contributed by atoms with Crippen molar-refractivity contribution in [3.63, 3.8) is 0 Å². The smallest absolute Gasteiger partial charge is 0.334 e. The summed E-state index contributed by atoms with van der Waals surface area (Å²) in [7, 11) is 1.21. The topological polar surface area (TPSA) is 77.5 Å². The van der Waals surface area contributed by atoms with Gasteiger partial charge in [0.05, 0.1) is 7.11 Å². The molecule has 1 rings (SSSR count). The van der Waals surface area contributed by atoms with E-state index in [4.69, 9.17) is 4.74 Å². The standard InChI is InChI=1S/C21H28O5/c1-13(2)18-12-19(23)15(4)8-6-7-14(3)9-17(22)10-16(11-20(18)24)21(25)26-5/h8-10,13,18H,6-7,11-12H2,1-5H3/b14-9+,15-8+,16-10+/t18-/m0/s1. The Hall–Kier alpha value is -2.30. The van der Waals surface area contributed by atoms with Gasteiger partial charge in [-0.1, -0.05) is 25.5 Å². The van der Waals surface area contributed by atoms with Crippen LogP contribution in [0.25, 0.3) is 0 Å². The number of rotatable bonds is 2. The Morgan fingerprint density at radius 3 is 2.38 bits per heavy atom. The van der Waals surface area contributed by atoms with E-state index in [0.717, 1.165) is 5.57 Å². The normalized spacial score (nSPS) is 26.9. The summed E-state index contributed by atoms with van der Waals surface area (Å²) in [5.74, 6) is -1.89. The van der Waals surface area contributed by atoms with Gasteiger partial charge in [0.25, 0.3) is 0 Å². The maximum Gasteiger partial charge on any atom is 0.334 e. The minimum atomic E-state index is -0.699. The fourth-order valence-corrected chi connectivity index (χ4v) is 2.87. The fourth-order valence-electron chi connectivity index (χ4n) is 2.87. The first kappa shape index (κ1) is 21.7. The third-order valence-electron chi connectivity index (χ3n) is 4.57. The van der Waals surface area contributed by atoms with Gasteiger partial charge >= 0.3 is 5.97 Å². The number of ketones is 3. The van der Waals surface area contributed by atoms with Crippen LogP contribution in [-0.2, 0) is 23.9 Å². The Morgan fingerprint density at radius 1 is 1.15 bits per heavy atom. The van der Waals surface area contributed by atoms with Gasteiger partial charge in [0.2, 0.25) is 0 Å². The molecule has 5 nitrogen and oxygen atoms in total. The molecule has 0 aromatic carbocycles. The summed E-state index contributed by atoms with van der Waals surface area (Å²) >= 11 is 0. The summed E-state index contributed by atoms with van der Waals surface area (Å²) < 4.78 is 4.71. The molecule has 0 bridgehead atoms. The average Bonchev–Trinajstić information content (AvgIpc) is 2.56. The lowest BCUT2D eigenvalue weighted by Gasteiger charge is -2.19. The zero-order valence-corrected chi connectivity index (χ0v) is 16.3. The van der Waals surface area contributed by atoms with E-state index in [0.29, 0.717) is 18.4 Å². The lowest BCUT2D eigenvalue weighted by atomic mass is 9.83. The third-order valence-corrected chi connectivity index (χ3v) is 4.57. The van der Waals surface area contributed by atoms with Gasteiger partial charge in [-0.2, -0.15) is 0 Å². The van der Waals surface area contributed by atoms with Gasteiger partial charge in [0.15, 0.2) is 11.6 Å². The number of esters is 1. The van der Waals surface area contributed by atoms with Gasteiger partial charge in [-0.25, -0.2) is 4.79 Å². The first-order valence-corrected chi connectivity index (χ1v) is 8.88. The number of carbonyl (C=O) groups is 4. The van der Waals surface area contributed by atoms with Crippen LogP contribution in [0.1, 0.15) is 53.4 Å². The average molecular weight is 360 g/mol. The van der Waals surface area contributed by atoms with Gasteiger partial charge < -0.3 is 4.74 Å². The lowest BCUT2D eigenvalue weighted by molar-refractivity contribution is -0.137. The molecule has 0 radical (unpaired) electrons. The molecule has 1 aliphatic carbocycles. The highest BCUT2D eigenvalue weighted by molar-refractivity contribution is 6.07. The van der Waals surface area contributed by atoms with Crippen LogP contribution in [0.4, 0.5) is 0 Å². The van der Waals surface area contributed by atoms with Crippen molar-refractivity contribution in [1.82, 2.24) is 0 Å². The number of methoxy groups -OCH3 is 1. The monoisotopic (exact) mass is 360 g/mol. The highest BCUT2D eigenvalue weighted by Crippen LogP contribution is 2.23. The molecule has 0 aliphatic heterocycles. The van der Waals surface area contributed by atoms with E-state index < -0.39 is 11.9 Å². The Bertz CT molecular complexity index is 677. The highest BCUT2D eigenvalue weighted by Gasteiger charge is 2.28. The largest absolute Gasteiger partial charge is 0.466 e. The van der Waals surface area contributed by atoms with Gasteiger partial charge in [0, 0.05) is 24.3 Å². The highest BCUT2D eigenvalue weighted by atomic mass is 16.5. The molecule has 0 saturated heterocycles. The van der Waals surface area contributed by atoms with Crippen LogP contribution in [0, 0.1) is 11.8 Å². The molecule has 142 valence electrons. The number of Topliss-reactive ketones (excluding diaryl/α,β-unsaturated/α-hetero) is 2. The van der Waals surface area contributed by atoms with Crippen molar-refractivity contribution in [2.75, 3.05) is 7.11 Å². The van der Waals surface area contributed by atoms with Gasteiger partial charge in [-0.05, 0) is 50.3 Å². The second-order valence-corrected chi connectivity index (χ2v) is 7.10. The number of hydrogen-bond donors (Lipinski definition) is 0. The van der Waals surface area contributed by atoms with Crippen LogP contribution in [0.3, 0.4) is 0 Å². The summed E-state index contributed by atoms with van der Waals surface area (Å²) in [5.41, 5.74) is 1.49. The molecule has 0 saturated carbocycles. The summed E-state index contributed by atoms with van der Waals surface area (Å²) in [6.07, 6.45) is 5.64. The molecule has 0 spiro atoms. The van der Waals surface area contributed by atoms with Crippen molar-refractivity contribution in [1.29, 1.82) is 0 Å². The van der Waals surface area contributed by atoms with Crippen molar-refractivity contribution < 1.29 is 23.9 Å². The van der Waals surface area contributed by atoms with Crippen LogP contribution in [0.2, 0.25) is 0 Å². The molecule has 1 aliphatic rings. The van der Waals surface area contributed by atoms with Crippen molar-refractivity contribution in [2.45, 2.75) is 53.4 Å². The van der Waals surface area contributed by atoms with Crippen molar-refractivity contribution >= 4 is 23.3 Å². The number of hydrogen-bond acceptors (Lipinski definition) is 5. The SMILES string of the molecule is COC(=O)/C1=C/C(=O)/C=C(\C)CC/C=C(\C)C(=O)C[C@@H](C(C)C)C(=O)C1. The van der Waals surface area contributed by atoms with E-state index in [-0.39, 0.29) is 41.7 Å². The predicted octanol–water partition coefficient (Wildman–Crippen LogP) is 3.53. The quantitative estimate of drug-likeness (QED) is 0.704. The Kier molecular flexibility index (Phi) is 8.36. The zero-order valence-electron chi connectivity index (χ0n) is 16.3. The maximum absolute atomic E-state index is 12.7. The van der Waals surface area contributed by atoms with Crippen LogP contribution in [-0.4, -0.2) is 30.4 Å². The second kappa shape index (κ2) is 10.00. The first-order valence-electron chi connectivity index (χ1n) is 8.88. The Balaban J connectivity index is 3.31. The van der Waals surface area contributed by atoms with E-state index in [9.17, 15) is 19.2 Å². The molecule has 0 aromatic rings. The molecular formula is C21H28O5. The predicted molar refractivity (Wildman–Crippen MR) is 99.4 cm³/mol. The molecule has 0 amide bonds. The number of carbonyl (C=O) groups excluding carboxylic acids is 4. The van der Waals surface area contributed by atoms with Crippen LogP contribution < -0.4 is 0 Å². The molecule has 0 heterocycles.